The van der Waals surface area contributed by atoms with E-state index in [4.69, 9.17) is 5.73 Å². The van der Waals surface area contributed by atoms with Gasteiger partial charge in [-0.1, -0.05) is 0 Å². The second-order valence-electron chi connectivity index (χ2n) is 7.07. The molecule has 0 spiro atoms. The molecule has 0 fully saturated rings. The van der Waals surface area contributed by atoms with Gasteiger partial charge in [0.2, 0.25) is 17.7 Å². The molecule has 1 aromatic rings. The summed E-state index contributed by atoms with van der Waals surface area (Å²) in [4.78, 5) is 58.6. The average molecular weight is 452 g/mol. The van der Waals surface area contributed by atoms with E-state index in [1.165, 1.54) is 19.9 Å². The highest BCUT2D eigenvalue weighted by atomic mass is 16.6. The molecule has 0 bridgehead atoms. The Balaban J connectivity index is 3.02. The molecule has 0 aliphatic heterocycles. The van der Waals surface area contributed by atoms with Crippen molar-refractivity contribution in [2.75, 3.05) is 18.4 Å². The first-order valence-corrected chi connectivity index (χ1v) is 9.77. The fourth-order valence-electron chi connectivity index (χ4n) is 2.73. The molecule has 1 rings (SSSR count). The van der Waals surface area contributed by atoms with Crippen LogP contribution in [0.15, 0.2) is 12.1 Å². The van der Waals surface area contributed by atoms with Gasteiger partial charge in [-0.15, -0.1) is 0 Å². The van der Waals surface area contributed by atoms with Crippen LogP contribution < -0.4 is 27.0 Å². The van der Waals surface area contributed by atoms with Gasteiger partial charge in [0.25, 0.3) is 11.6 Å². The van der Waals surface area contributed by atoms with E-state index in [2.05, 4.69) is 21.3 Å². The molecule has 0 aliphatic carbocycles. The molecule has 32 heavy (non-hydrogen) atoms. The number of nitrogens with two attached hydrogens (primary N) is 1. The third kappa shape index (κ3) is 7.19. The number of nitro groups is 1. The van der Waals surface area contributed by atoms with Crippen LogP contribution in [0.1, 0.15) is 36.7 Å². The molecule has 4 amide bonds. The summed E-state index contributed by atoms with van der Waals surface area (Å²) in [5.74, 6) is -3.17. The summed E-state index contributed by atoms with van der Waals surface area (Å²) < 4.78 is 0. The Morgan fingerprint density at radius 2 is 1.81 bits per heavy atom. The SMILES string of the molecule is CCNc1c(C)cc([N+](=O)[O-])cc1C(=O)NC(C(=O)NCC(=O)NC(C)C(N)=O)C(C)O. The standard InChI is InChI=1S/C19H28N6O7/c1-5-21-15-9(2)6-12(25(31)32)7-13(15)18(29)24-16(11(4)26)19(30)22-8-14(27)23-10(3)17(20)28/h6-7,10-11,16,21,26H,5,8H2,1-4H3,(H2,20,28)(H,22,30)(H,23,27)(H,24,29). The van der Waals surface area contributed by atoms with Crippen molar-refractivity contribution in [3.8, 4) is 0 Å². The Morgan fingerprint density at radius 1 is 1.19 bits per heavy atom. The number of carbonyl (C=O) groups excluding carboxylic acids is 4. The zero-order valence-electron chi connectivity index (χ0n) is 18.2. The number of aliphatic hydroxyl groups is 1. The second kappa shape index (κ2) is 11.6. The van der Waals surface area contributed by atoms with Gasteiger partial charge in [-0.2, -0.15) is 0 Å². The van der Waals surface area contributed by atoms with E-state index in [1.807, 2.05) is 0 Å². The van der Waals surface area contributed by atoms with Gasteiger partial charge in [-0.25, -0.2) is 0 Å². The number of amides is 4. The first kappa shape index (κ1) is 26.3. The maximum atomic E-state index is 12.8. The molecule has 3 atom stereocenters. The number of primary amides is 1. The summed E-state index contributed by atoms with van der Waals surface area (Å²) in [6.07, 6.45) is -1.35. The normalized spacial score (nSPS) is 13.3. The number of hydrogen-bond acceptors (Lipinski definition) is 8. The molecule has 3 unspecified atom stereocenters. The van der Waals surface area contributed by atoms with Crippen LogP contribution in [0.25, 0.3) is 0 Å². The Kier molecular flexibility index (Phi) is 9.53. The number of rotatable bonds is 11. The fourth-order valence-corrected chi connectivity index (χ4v) is 2.73. The molecular weight excluding hydrogens is 424 g/mol. The Morgan fingerprint density at radius 3 is 2.31 bits per heavy atom. The molecule has 0 saturated carbocycles. The molecule has 0 heterocycles. The molecule has 176 valence electrons. The lowest BCUT2D eigenvalue weighted by Crippen LogP contribution is -2.54. The number of non-ortho nitro benzene ring substituents is 1. The van der Waals surface area contributed by atoms with Crippen molar-refractivity contribution in [3.05, 3.63) is 33.4 Å². The number of anilines is 1. The molecule has 0 saturated heterocycles. The first-order chi connectivity index (χ1) is 14.9. The summed E-state index contributed by atoms with van der Waals surface area (Å²) in [5.41, 5.74) is 5.45. The van der Waals surface area contributed by atoms with Crippen LogP contribution in [0, 0.1) is 17.0 Å². The monoisotopic (exact) mass is 452 g/mol. The number of benzene rings is 1. The second-order valence-corrected chi connectivity index (χ2v) is 7.07. The van der Waals surface area contributed by atoms with Crippen LogP contribution >= 0.6 is 0 Å². The fraction of sp³-hybridized carbons (Fsp3) is 0.474. The van der Waals surface area contributed by atoms with E-state index in [1.54, 1.807) is 13.8 Å². The number of nitro benzene ring substituents is 1. The first-order valence-electron chi connectivity index (χ1n) is 9.77. The summed E-state index contributed by atoms with van der Waals surface area (Å²) in [5, 5.41) is 31.0. The quantitative estimate of drug-likeness (QED) is 0.179. The maximum absolute atomic E-state index is 12.8. The van der Waals surface area contributed by atoms with Gasteiger partial charge in [0.1, 0.15) is 12.1 Å². The van der Waals surface area contributed by atoms with Crippen LogP contribution in [-0.4, -0.2) is 64.9 Å². The lowest BCUT2D eigenvalue weighted by atomic mass is 10.0. The van der Waals surface area contributed by atoms with Crippen molar-refractivity contribution in [3.63, 3.8) is 0 Å². The van der Waals surface area contributed by atoms with E-state index < -0.39 is 53.3 Å². The minimum Gasteiger partial charge on any atom is -0.391 e. The van der Waals surface area contributed by atoms with E-state index in [0.717, 1.165) is 6.07 Å². The lowest BCUT2D eigenvalue weighted by Gasteiger charge is -2.22. The van der Waals surface area contributed by atoms with E-state index in [0.29, 0.717) is 17.8 Å². The maximum Gasteiger partial charge on any atom is 0.270 e. The van der Waals surface area contributed by atoms with E-state index >= 15 is 0 Å². The zero-order valence-corrected chi connectivity index (χ0v) is 18.2. The number of nitrogens with one attached hydrogen (secondary N) is 4. The number of hydrogen-bond donors (Lipinski definition) is 6. The number of aryl methyl sites for hydroxylation is 1. The predicted molar refractivity (Wildman–Crippen MR) is 115 cm³/mol. The van der Waals surface area contributed by atoms with Crippen molar-refractivity contribution in [1.29, 1.82) is 0 Å². The molecule has 7 N–H and O–H groups in total. The minimum absolute atomic E-state index is 0.0787. The van der Waals surface area contributed by atoms with Gasteiger partial charge in [0.05, 0.1) is 28.8 Å². The minimum atomic E-state index is -1.46. The van der Waals surface area contributed by atoms with E-state index in [-0.39, 0.29) is 11.3 Å². The van der Waals surface area contributed by atoms with Crippen molar-refractivity contribution in [1.82, 2.24) is 16.0 Å². The summed E-state index contributed by atoms with van der Waals surface area (Å²) in [6, 6.07) is -0.0406. The molecule has 0 aliphatic rings. The Labute approximate surface area is 184 Å². The van der Waals surface area contributed by atoms with Crippen LogP contribution in [0.4, 0.5) is 11.4 Å². The number of nitrogens with zero attached hydrogens (tertiary/aromatic N) is 1. The summed E-state index contributed by atoms with van der Waals surface area (Å²) >= 11 is 0. The van der Waals surface area contributed by atoms with Crippen LogP contribution in [0.2, 0.25) is 0 Å². The topological polar surface area (TPSA) is 206 Å². The molecule has 0 aromatic heterocycles. The predicted octanol–water partition coefficient (Wildman–Crippen LogP) is -1.08. The average Bonchev–Trinajstić information content (AvgIpc) is 2.70. The highest BCUT2D eigenvalue weighted by molar-refractivity contribution is 6.03. The van der Waals surface area contributed by atoms with Gasteiger partial charge >= 0.3 is 0 Å². The van der Waals surface area contributed by atoms with Crippen LogP contribution in [-0.2, 0) is 14.4 Å². The van der Waals surface area contributed by atoms with Gasteiger partial charge < -0.3 is 32.1 Å². The van der Waals surface area contributed by atoms with Crippen molar-refractivity contribution >= 4 is 35.0 Å². The van der Waals surface area contributed by atoms with Crippen molar-refractivity contribution < 1.29 is 29.2 Å². The van der Waals surface area contributed by atoms with Crippen molar-refractivity contribution in [2.24, 2.45) is 5.73 Å². The number of carbonyl (C=O) groups is 4. The highest BCUT2D eigenvalue weighted by Crippen LogP contribution is 2.27. The largest absolute Gasteiger partial charge is 0.391 e. The third-order valence-electron chi connectivity index (χ3n) is 4.41. The van der Waals surface area contributed by atoms with Gasteiger partial charge in [-0.3, -0.25) is 29.3 Å². The van der Waals surface area contributed by atoms with Crippen LogP contribution in [0.5, 0.6) is 0 Å². The molecule has 1 aromatic carbocycles. The van der Waals surface area contributed by atoms with Crippen molar-refractivity contribution in [2.45, 2.75) is 45.9 Å². The van der Waals surface area contributed by atoms with Gasteiger partial charge in [0, 0.05) is 18.7 Å². The molecular formula is C19H28N6O7. The zero-order chi connectivity index (χ0) is 24.6. The Hall–Kier alpha value is -3.74. The van der Waals surface area contributed by atoms with Crippen LogP contribution in [0.3, 0.4) is 0 Å². The Bertz CT molecular complexity index is 902. The van der Waals surface area contributed by atoms with Gasteiger partial charge in [-0.05, 0) is 33.3 Å². The smallest absolute Gasteiger partial charge is 0.270 e. The molecule has 13 nitrogen and oxygen atoms in total. The van der Waals surface area contributed by atoms with E-state index in [9.17, 15) is 34.4 Å². The highest BCUT2D eigenvalue weighted by Gasteiger charge is 2.28. The van der Waals surface area contributed by atoms with Gasteiger partial charge in [0.15, 0.2) is 0 Å². The lowest BCUT2D eigenvalue weighted by molar-refractivity contribution is -0.384. The summed E-state index contributed by atoms with van der Waals surface area (Å²) in [7, 11) is 0. The third-order valence-corrected chi connectivity index (χ3v) is 4.41. The molecule has 13 heteroatoms. The summed E-state index contributed by atoms with van der Waals surface area (Å²) in [6.45, 7) is 5.88. The molecule has 0 radical (unpaired) electrons. The number of aliphatic hydroxyl groups excluding tert-OH is 1.